The lowest BCUT2D eigenvalue weighted by Gasteiger charge is -2.21. The minimum absolute atomic E-state index is 0.266. The molecule has 0 aliphatic heterocycles. The van der Waals surface area contributed by atoms with Gasteiger partial charge in [0.25, 0.3) is 0 Å². The van der Waals surface area contributed by atoms with Crippen molar-refractivity contribution in [1.82, 2.24) is 0 Å². The molecule has 2 nitrogen and oxygen atoms in total. The third-order valence-corrected chi connectivity index (χ3v) is 4.28. The minimum atomic E-state index is -0.625. The fraction of sp³-hybridized carbons (Fsp3) is 0.625. The highest BCUT2D eigenvalue weighted by molar-refractivity contribution is 7.99. The summed E-state index contributed by atoms with van der Waals surface area (Å²) in [4.78, 5) is 1.28. The normalized spacial score (nSPS) is 16.1. The molecule has 1 aromatic rings. The van der Waals surface area contributed by atoms with E-state index in [2.05, 4.69) is 38.1 Å². The quantitative estimate of drug-likeness (QED) is 0.712. The lowest BCUT2D eigenvalue weighted by atomic mass is 9.92. The molecule has 3 atom stereocenters. The summed E-state index contributed by atoms with van der Waals surface area (Å²) in [5.41, 5.74) is 1.23. The fourth-order valence-electron chi connectivity index (χ4n) is 2.20. The van der Waals surface area contributed by atoms with Crippen LogP contribution in [-0.4, -0.2) is 28.2 Å². The van der Waals surface area contributed by atoms with Crippen molar-refractivity contribution < 1.29 is 10.2 Å². The molecule has 0 fully saturated rings. The maximum atomic E-state index is 9.97. The van der Waals surface area contributed by atoms with Crippen LogP contribution in [0.3, 0.4) is 0 Å². The molecule has 1 rings (SSSR count). The molecule has 0 heterocycles. The lowest BCUT2D eigenvalue weighted by Crippen LogP contribution is -2.27. The molecule has 3 heteroatoms. The summed E-state index contributed by atoms with van der Waals surface area (Å²) in [7, 11) is 0. The van der Waals surface area contributed by atoms with Crippen molar-refractivity contribution in [2.45, 2.75) is 63.1 Å². The van der Waals surface area contributed by atoms with Crippen LogP contribution in [0.5, 0.6) is 0 Å². The Morgan fingerprint density at radius 2 is 1.68 bits per heavy atom. The monoisotopic (exact) mass is 282 g/mol. The number of benzene rings is 1. The maximum Gasteiger partial charge on any atom is 0.0804 e. The molecule has 2 N–H and O–H groups in total. The van der Waals surface area contributed by atoms with E-state index >= 15 is 0 Å². The van der Waals surface area contributed by atoms with Gasteiger partial charge in [0.05, 0.1) is 12.2 Å². The summed E-state index contributed by atoms with van der Waals surface area (Å²) in [6.45, 7) is 6.26. The van der Waals surface area contributed by atoms with Gasteiger partial charge in [-0.1, -0.05) is 39.3 Å². The Bertz CT molecular complexity index is 350. The summed E-state index contributed by atoms with van der Waals surface area (Å²) < 4.78 is 0. The first-order valence-corrected chi connectivity index (χ1v) is 8.15. The van der Waals surface area contributed by atoms with Crippen molar-refractivity contribution in [1.29, 1.82) is 0 Å². The first kappa shape index (κ1) is 16.5. The van der Waals surface area contributed by atoms with Crippen LogP contribution in [0.25, 0.3) is 0 Å². The van der Waals surface area contributed by atoms with Crippen molar-refractivity contribution in [3.63, 3.8) is 0 Å². The zero-order chi connectivity index (χ0) is 14.3. The van der Waals surface area contributed by atoms with Gasteiger partial charge in [0.1, 0.15) is 0 Å². The minimum Gasteiger partial charge on any atom is -0.390 e. The van der Waals surface area contributed by atoms with Crippen molar-refractivity contribution >= 4 is 11.8 Å². The molecular weight excluding hydrogens is 256 g/mol. The van der Waals surface area contributed by atoms with Crippen molar-refractivity contribution in [2.24, 2.45) is 0 Å². The van der Waals surface area contributed by atoms with Crippen molar-refractivity contribution in [2.75, 3.05) is 5.75 Å². The van der Waals surface area contributed by atoms with Crippen LogP contribution >= 0.6 is 11.8 Å². The molecule has 0 radical (unpaired) electrons. The van der Waals surface area contributed by atoms with E-state index in [1.165, 1.54) is 10.5 Å². The Morgan fingerprint density at radius 1 is 1.05 bits per heavy atom. The molecule has 0 spiro atoms. The van der Waals surface area contributed by atoms with Gasteiger partial charge >= 0.3 is 0 Å². The molecule has 0 bridgehead atoms. The molecule has 19 heavy (non-hydrogen) atoms. The third-order valence-electron chi connectivity index (χ3n) is 3.38. The van der Waals surface area contributed by atoms with Gasteiger partial charge in [0.15, 0.2) is 0 Å². The molecule has 1 aromatic carbocycles. The second kappa shape index (κ2) is 8.62. The lowest BCUT2D eigenvalue weighted by molar-refractivity contribution is 0.00637. The number of hydrogen-bond acceptors (Lipinski definition) is 3. The van der Waals surface area contributed by atoms with Crippen molar-refractivity contribution in [3.05, 3.63) is 29.8 Å². The van der Waals surface area contributed by atoms with E-state index in [0.29, 0.717) is 12.8 Å². The Labute approximate surface area is 121 Å². The van der Waals surface area contributed by atoms with Gasteiger partial charge in [-0.2, -0.15) is 0 Å². The SMILES string of the molecule is CCCC(O)C(O)CC(C)c1ccc(SCC)cc1. The van der Waals surface area contributed by atoms with Gasteiger partial charge in [0.2, 0.25) is 0 Å². The predicted molar refractivity (Wildman–Crippen MR) is 82.8 cm³/mol. The second-order valence-electron chi connectivity index (χ2n) is 5.06. The van der Waals surface area contributed by atoms with Gasteiger partial charge in [-0.25, -0.2) is 0 Å². The Kier molecular flexibility index (Phi) is 7.51. The number of aliphatic hydroxyl groups is 2. The van der Waals surface area contributed by atoms with E-state index in [1.54, 1.807) is 0 Å². The maximum absolute atomic E-state index is 9.97. The Balaban J connectivity index is 2.54. The van der Waals surface area contributed by atoms with E-state index in [0.717, 1.165) is 12.2 Å². The highest BCUT2D eigenvalue weighted by atomic mass is 32.2. The van der Waals surface area contributed by atoms with Gasteiger partial charge in [-0.15, -0.1) is 11.8 Å². The summed E-state index contributed by atoms with van der Waals surface area (Å²) in [6, 6.07) is 8.52. The van der Waals surface area contributed by atoms with E-state index in [4.69, 9.17) is 0 Å². The highest BCUT2D eigenvalue weighted by Gasteiger charge is 2.19. The topological polar surface area (TPSA) is 40.5 Å². The first-order chi connectivity index (χ1) is 9.08. The van der Waals surface area contributed by atoms with Gasteiger partial charge in [0, 0.05) is 4.90 Å². The Hall–Kier alpha value is -0.510. The fourth-order valence-corrected chi connectivity index (χ4v) is 2.86. The summed E-state index contributed by atoms with van der Waals surface area (Å²) in [6.07, 6.45) is 0.957. The predicted octanol–water partition coefficient (Wildman–Crippen LogP) is 3.81. The van der Waals surface area contributed by atoms with Gasteiger partial charge in [-0.05, 0) is 42.2 Å². The molecule has 0 aromatic heterocycles. The van der Waals surface area contributed by atoms with Gasteiger partial charge < -0.3 is 10.2 Å². The highest BCUT2D eigenvalue weighted by Crippen LogP contribution is 2.25. The number of thioether (sulfide) groups is 1. The van der Waals surface area contributed by atoms with Crippen LogP contribution in [-0.2, 0) is 0 Å². The summed E-state index contributed by atoms with van der Waals surface area (Å²) in [5.74, 6) is 1.35. The average Bonchev–Trinajstić information content (AvgIpc) is 2.40. The second-order valence-corrected chi connectivity index (χ2v) is 6.40. The molecule has 0 amide bonds. The number of rotatable bonds is 8. The number of aliphatic hydroxyl groups excluding tert-OH is 2. The smallest absolute Gasteiger partial charge is 0.0804 e. The molecule has 0 aliphatic carbocycles. The van der Waals surface area contributed by atoms with Crippen LogP contribution in [0.15, 0.2) is 29.2 Å². The number of hydrogen-bond donors (Lipinski definition) is 2. The van der Waals surface area contributed by atoms with E-state index in [-0.39, 0.29) is 5.92 Å². The van der Waals surface area contributed by atoms with E-state index in [1.807, 2.05) is 18.7 Å². The van der Waals surface area contributed by atoms with E-state index < -0.39 is 12.2 Å². The standard InChI is InChI=1S/C16H26O2S/c1-4-6-15(17)16(18)11-12(3)13-7-9-14(10-8-13)19-5-2/h7-10,12,15-18H,4-6,11H2,1-3H3. The zero-order valence-electron chi connectivity index (χ0n) is 12.2. The van der Waals surface area contributed by atoms with Crippen LogP contribution in [0, 0.1) is 0 Å². The molecule has 3 unspecified atom stereocenters. The van der Waals surface area contributed by atoms with Crippen LogP contribution in [0.1, 0.15) is 51.5 Å². The molecular formula is C16H26O2S. The molecule has 0 saturated carbocycles. The zero-order valence-corrected chi connectivity index (χ0v) is 13.0. The molecule has 108 valence electrons. The largest absolute Gasteiger partial charge is 0.390 e. The van der Waals surface area contributed by atoms with Crippen LogP contribution in [0.2, 0.25) is 0 Å². The molecule has 0 aliphatic rings. The Morgan fingerprint density at radius 3 is 2.21 bits per heavy atom. The van der Waals surface area contributed by atoms with E-state index in [9.17, 15) is 10.2 Å². The van der Waals surface area contributed by atoms with Crippen LogP contribution < -0.4 is 0 Å². The summed E-state index contributed by atoms with van der Waals surface area (Å²) >= 11 is 1.83. The third kappa shape index (κ3) is 5.55. The van der Waals surface area contributed by atoms with Crippen LogP contribution in [0.4, 0.5) is 0 Å². The van der Waals surface area contributed by atoms with Crippen molar-refractivity contribution in [3.8, 4) is 0 Å². The average molecular weight is 282 g/mol. The summed E-state index contributed by atoms with van der Waals surface area (Å²) in [5, 5.41) is 19.7. The first-order valence-electron chi connectivity index (χ1n) is 7.17. The van der Waals surface area contributed by atoms with Gasteiger partial charge in [-0.3, -0.25) is 0 Å². The molecule has 0 saturated heterocycles.